The van der Waals surface area contributed by atoms with E-state index in [0.29, 0.717) is 12.8 Å². The summed E-state index contributed by atoms with van der Waals surface area (Å²) >= 11 is 0. The van der Waals surface area contributed by atoms with Crippen LogP contribution in [0.4, 0.5) is 0 Å². The van der Waals surface area contributed by atoms with Crippen LogP contribution in [0.1, 0.15) is 367 Å². The van der Waals surface area contributed by atoms with Gasteiger partial charge < -0.3 is 14.2 Å². The fourth-order valence-electron chi connectivity index (χ4n) is 10.6. The topological polar surface area (TPSA) is 78.9 Å². The van der Waals surface area contributed by atoms with Gasteiger partial charge in [0.15, 0.2) is 6.10 Å². The average Bonchev–Trinajstić information content (AvgIpc) is 3.50. The van der Waals surface area contributed by atoms with Crippen molar-refractivity contribution in [2.45, 2.75) is 374 Å². The van der Waals surface area contributed by atoms with E-state index in [2.05, 4.69) is 93.7 Å². The molecular formula is C77H136O6. The molecule has 0 aromatic carbocycles. The zero-order chi connectivity index (χ0) is 59.9. The lowest BCUT2D eigenvalue weighted by atomic mass is 10.0. The quantitative estimate of drug-likeness (QED) is 0.0261. The molecule has 0 amide bonds. The first-order valence-electron chi connectivity index (χ1n) is 36.1. The third kappa shape index (κ3) is 69.3. The van der Waals surface area contributed by atoms with Crippen molar-refractivity contribution in [2.24, 2.45) is 0 Å². The summed E-state index contributed by atoms with van der Waals surface area (Å²) in [5.41, 5.74) is 0. The van der Waals surface area contributed by atoms with E-state index in [4.69, 9.17) is 14.2 Å². The van der Waals surface area contributed by atoms with Crippen molar-refractivity contribution in [2.75, 3.05) is 13.2 Å². The smallest absolute Gasteiger partial charge is 0.309 e. The molecule has 0 spiro atoms. The van der Waals surface area contributed by atoms with Crippen LogP contribution in [-0.2, 0) is 28.6 Å². The number of unbranched alkanes of at least 4 members (excludes halogenated alkanes) is 42. The number of allylic oxidation sites excluding steroid dienone is 13. The van der Waals surface area contributed by atoms with E-state index >= 15 is 0 Å². The fourth-order valence-corrected chi connectivity index (χ4v) is 10.6. The van der Waals surface area contributed by atoms with E-state index in [1.165, 1.54) is 250 Å². The van der Waals surface area contributed by atoms with Crippen molar-refractivity contribution in [1.29, 1.82) is 0 Å². The van der Waals surface area contributed by atoms with Gasteiger partial charge in [-0.25, -0.2) is 0 Å². The van der Waals surface area contributed by atoms with E-state index in [1.54, 1.807) is 0 Å². The van der Waals surface area contributed by atoms with E-state index in [9.17, 15) is 14.4 Å². The molecule has 6 heteroatoms. The van der Waals surface area contributed by atoms with E-state index in [-0.39, 0.29) is 31.6 Å². The summed E-state index contributed by atoms with van der Waals surface area (Å²) in [5.74, 6) is -1.01. The Hall–Kier alpha value is -3.41. The summed E-state index contributed by atoms with van der Waals surface area (Å²) in [5, 5.41) is 0. The summed E-state index contributed by atoms with van der Waals surface area (Å²) < 4.78 is 16.9. The molecule has 0 aliphatic carbocycles. The van der Waals surface area contributed by atoms with Gasteiger partial charge in [0.25, 0.3) is 0 Å². The van der Waals surface area contributed by atoms with Gasteiger partial charge in [-0.1, -0.05) is 356 Å². The first-order chi connectivity index (χ1) is 41.0. The number of esters is 3. The molecule has 0 aromatic rings. The van der Waals surface area contributed by atoms with Crippen LogP contribution in [0.2, 0.25) is 0 Å². The lowest BCUT2D eigenvalue weighted by Gasteiger charge is -2.18. The van der Waals surface area contributed by atoms with Gasteiger partial charge in [-0.05, 0) is 77.0 Å². The van der Waals surface area contributed by atoms with Gasteiger partial charge in [-0.15, -0.1) is 0 Å². The Labute approximate surface area is 515 Å². The molecule has 0 saturated heterocycles. The maximum absolute atomic E-state index is 12.9. The Bertz CT molecular complexity index is 1570. The summed E-state index contributed by atoms with van der Waals surface area (Å²) in [6.07, 6.45) is 95.1. The third-order valence-corrected chi connectivity index (χ3v) is 15.9. The molecule has 0 heterocycles. The second kappa shape index (κ2) is 71.1. The van der Waals surface area contributed by atoms with Crippen molar-refractivity contribution < 1.29 is 28.6 Å². The number of hydrogen-bond donors (Lipinski definition) is 0. The first-order valence-corrected chi connectivity index (χ1v) is 36.1. The van der Waals surface area contributed by atoms with Crippen LogP contribution < -0.4 is 0 Å². The summed E-state index contributed by atoms with van der Waals surface area (Å²) in [6, 6.07) is 0. The first kappa shape index (κ1) is 79.6. The molecule has 1 unspecified atom stereocenters. The fraction of sp³-hybridized carbons (Fsp3) is 0.779. The Kier molecular flexibility index (Phi) is 68.2. The molecule has 0 bridgehead atoms. The molecule has 0 aliphatic heterocycles. The highest BCUT2D eigenvalue weighted by atomic mass is 16.6. The Morgan fingerprint density at radius 1 is 0.265 bits per heavy atom. The highest BCUT2D eigenvalue weighted by Gasteiger charge is 2.19. The zero-order valence-electron chi connectivity index (χ0n) is 55.2. The van der Waals surface area contributed by atoms with Crippen molar-refractivity contribution in [1.82, 2.24) is 0 Å². The van der Waals surface area contributed by atoms with Crippen LogP contribution in [0.5, 0.6) is 0 Å². The Morgan fingerprint density at radius 2 is 0.518 bits per heavy atom. The molecule has 480 valence electrons. The lowest BCUT2D eigenvalue weighted by molar-refractivity contribution is -0.166. The minimum absolute atomic E-state index is 0.102. The Morgan fingerprint density at radius 3 is 0.843 bits per heavy atom. The Balaban J connectivity index is 4.25. The number of rotatable bonds is 66. The molecule has 1 atom stereocenters. The lowest BCUT2D eigenvalue weighted by Crippen LogP contribution is -2.30. The number of carbonyl (C=O) groups is 3. The molecule has 0 radical (unpaired) electrons. The molecule has 0 N–H and O–H groups in total. The molecule has 0 aromatic heterocycles. The molecule has 0 aliphatic rings. The second-order valence-corrected chi connectivity index (χ2v) is 24.1. The van der Waals surface area contributed by atoms with Crippen LogP contribution in [0.15, 0.2) is 85.1 Å². The highest BCUT2D eigenvalue weighted by Crippen LogP contribution is 2.18. The predicted molar refractivity (Wildman–Crippen MR) is 362 cm³/mol. The van der Waals surface area contributed by atoms with Crippen LogP contribution in [0.25, 0.3) is 0 Å². The van der Waals surface area contributed by atoms with Crippen LogP contribution in [0.3, 0.4) is 0 Å². The van der Waals surface area contributed by atoms with Crippen molar-refractivity contribution >= 4 is 17.9 Å². The summed E-state index contributed by atoms with van der Waals surface area (Å²) in [6.45, 7) is 6.49. The highest BCUT2D eigenvalue weighted by molar-refractivity contribution is 5.72. The van der Waals surface area contributed by atoms with Crippen molar-refractivity contribution in [3.05, 3.63) is 85.1 Å². The molecular weight excluding hydrogens is 1020 g/mol. The zero-order valence-corrected chi connectivity index (χ0v) is 55.2. The average molecular weight is 1160 g/mol. The third-order valence-electron chi connectivity index (χ3n) is 15.9. The largest absolute Gasteiger partial charge is 0.462 e. The van der Waals surface area contributed by atoms with E-state index < -0.39 is 12.1 Å². The van der Waals surface area contributed by atoms with Crippen LogP contribution in [-0.4, -0.2) is 37.2 Å². The number of ether oxygens (including phenoxy) is 3. The molecule has 83 heavy (non-hydrogen) atoms. The normalized spacial score (nSPS) is 12.6. The van der Waals surface area contributed by atoms with Crippen molar-refractivity contribution in [3.63, 3.8) is 0 Å². The van der Waals surface area contributed by atoms with Gasteiger partial charge in [-0.3, -0.25) is 14.4 Å². The van der Waals surface area contributed by atoms with Crippen LogP contribution in [0, 0.1) is 0 Å². The van der Waals surface area contributed by atoms with Crippen LogP contribution >= 0.6 is 0 Å². The van der Waals surface area contributed by atoms with Crippen molar-refractivity contribution in [3.8, 4) is 0 Å². The van der Waals surface area contributed by atoms with Gasteiger partial charge >= 0.3 is 17.9 Å². The van der Waals surface area contributed by atoms with Gasteiger partial charge in [0.05, 0.1) is 6.42 Å². The van der Waals surface area contributed by atoms with Gasteiger partial charge in [0, 0.05) is 12.8 Å². The molecule has 0 saturated carbocycles. The SMILES string of the molecule is CC/C=C\C/C=C\C/C=C\C/C=C\C/C=C\CC(=O)OCC(COC(=O)CCCCCCCCCCCCCCCCCCCCC/C=C\C/C=C\CCCCCCC)OC(=O)CCCCCCCCCCCCCCCCCCCCC. The van der Waals surface area contributed by atoms with E-state index in [0.717, 1.165) is 77.0 Å². The number of carbonyl (C=O) groups excluding carboxylic acids is 3. The minimum Gasteiger partial charge on any atom is -0.462 e. The maximum atomic E-state index is 12.9. The minimum atomic E-state index is -0.815. The summed E-state index contributed by atoms with van der Waals surface area (Å²) in [7, 11) is 0. The molecule has 6 nitrogen and oxygen atoms in total. The monoisotopic (exact) mass is 1160 g/mol. The predicted octanol–water partition coefficient (Wildman–Crippen LogP) is 25.0. The number of hydrogen-bond acceptors (Lipinski definition) is 6. The van der Waals surface area contributed by atoms with Gasteiger partial charge in [0.2, 0.25) is 0 Å². The summed E-state index contributed by atoms with van der Waals surface area (Å²) in [4.78, 5) is 38.4. The van der Waals surface area contributed by atoms with E-state index in [1.807, 2.05) is 12.2 Å². The maximum Gasteiger partial charge on any atom is 0.309 e. The standard InChI is InChI=1S/C77H136O6/c1-4-7-10-13-16-19-22-25-28-30-32-33-34-35-36-37-38-39-40-41-42-43-45-46-49-52-55-58-61-64-67-70-76(79)82-73-74(72-81-75(78)69-66-63-60-57-54-51-48-27-24-21-18-15-12-9-6-3)83-77(80)71-68-65-62-59-56-53-50-47-44-31-29-26-23-20-17-14-11-8-5-2/h9,12,18,21-22,25,27,30,32,48,54,57,63,66,74H,4-8,10-11,13-17,19-20,23-24,26,28-29,31,33-47,49-53,55-56,58-62,64-65,67-73H2,1-3H3/b12-9-,21-18-,25-22-,32-30-,48-27-,57-54-,66-63-. The molecule has 0 rings (SSSR count). The van der Waals surface area contributed by atoms with Gasteiger partial charge in [0.1, 0.15) is 13.2 Å². The van der Waals surface area contributed by atoms with Gasteiger partial charge in [-0.2, -0.15) is 0 Å². The molecule has 0 fully saturated rings. The second-order valence-electron chi connectivity index (χ2n) is 24.1.